The van der Waals surface area contributed by atoms with Crippen molar-refractivity contribution in [3.05, 3.63) is 65.3 Å². The molecule has 0 bridgehead atoms. The lowest BCUT2D eigenvalue weighted by atomic mass is 10.2. The Bertz CT molecular complexity index is 753. The summed E-state index contributed by atoms with van der Waals surface area (Å²) >= 11 is 5.88. The quantitative estimate of drug-likeness (QED) is 0.738. The summed E-state index contributed by atoms with van der Waals surface area (Å²) in [6, 6.07) is 15.1. The zero-order chi connectivity index (χ0) is 13.9. The number of fused-ring (bicyclic) bond motifs is 1. The first-order chi connectivity index (χ1) is 9.74. The summed E-state index contributed by atoms with van der Waals surface area (Å²) in [7, 11) is 0. The molecule has 0 amide bonds. The van der Waals surface area contributed by atoms with Crippen LogP contribution < -0.4 is 10.5 Å². The van der Waals surface area contributed by atoms with Crippen LogP contribution >= 0.6 is 11.6 Å². The summed E-state index contributed by atoms with van der Waals surface area (Å²) in [5, 5.41) is 1.61. The first-order valence-corrected chi connectivity index (χ1v) is 6.62. The van der Waals surface area contributed by atoms with E-state index in [0.29, 0.717) is 17.3 Å². The molecule has 1 heterocycles. The standard InChI is InChI=1S/C16H13ClN2O/c17-12-7-6-11(14(18)9-12)10-20-16-5-1-4-15-13(16)3-2-8-19-15/h1-9H,10,18H2. The number of nitrogen functional groups attached to an aromatic ring is 1. The van der Waals surface area contributed by atoms with E-state index in [4.69, 9.17) is 22.1 Å². The van der Waals surface area contributed by atoms with Gasteiger partial charge in [0, 0.05) is 27.9 Å². The average molecular weight is 285 g/mol. The number of ether oxygens (including phenoxy) is 1. The van der Waals surface area contributed by atoms with Gasteiger partial charge in [0.25, 0.3) is 0 Å². The van der Waals surface area contributed by atoms with E-state index in [1.54, 1.807) is 18.3 Å². The van der Waals surface area contributed by atoms with Crippen LogP contribution in [0.15, 0.2) is 54.7 Å². The number of anilines is 1. The van der Waals surface area contributed by atoms with Gasteiger partial charge in [0.15, 0.2) is 0 Å². The first kappa shape index (κ1) is 12.8. The highest BCUT2D eigenvalue weighted by molar-refractivity contribution is 6.30. The van der Waals surface area contributed by atoms with E-state index in [9.17, 15) is 0 Å². The Balaban J connectivity index is 1.87. The summed E-state index contributed by atoms with van der Waals surface area (Å²) in [4.78, 5) is 4.30. The molecule has 3 nitrogen and oxygen atoms in total. The van der Waals surface area contributed by atoms with E-state index in [2.05, 4.69) is 4.98 Å². The molecule has 1 aromatic heterocycles. The van der Waals surface area contributed by atoms with Crippen LogP contribution in [-0.4, -0.2) is 4.98 Å². The Morgan fingerprint density at radius 3 is 2.85 bits per heavy atom. The van der Waals surface area contributed by atoms with Crippen molar-refractivity contribution in [3.63, 3.8) is 0 Å². The third kappa shape index (κ3) is 2.53. The second kappa shape index (κ2) is 5.39. The van der Waals surface area contributed by atoms with Crippen molar-refractivity contribution >= 4 is 28.2 Å². The second-order valence-corrected chi connectivity index (χ2v) is 4.89. The molecule has 0 saturated heterocycles. The maximum atomic E-state index is 5.92. The monoisotopic (exact) mass is 284 g/mol. The smallest absolute Gasteiger partial charge is 0.129 e. The van der Waals surface area contributed by atoms with Gasteiger partial charge in [-0.15, -0.1) is 0 Å². The van der Waals surface area contributed by atoms with Gasteiger partial charge in [-0.3, -0.25) is 4.98 Å². The zero-order valence-corrected chi connectivity index (χ0v) is 11.5. The van der Waals surface area contributed by atoms with E-state index < -0.39 is 0 Å². The van der Waals surface area contributed by atoms with Crippen molar-refractivity contribution in [2.45, 2.75) is 6.61 Å². The number of benzene rings is 2. The first-order valence-electron chi connectivity index (χ1n) is 6.24. The Labute approximate surface area is 122 Å². The Morgan fingerprint density at radius 2 is 2.00 bits per heavy atom. The maximum Gasteiger partial charge on any atom is 0.129 e. The number of nitrogens with two attached hydrogens (primary N) is 1. The molecule has 2 N–H and O–H groups in total. The second-order valence-electron chi connectivity index (χ2n) is 4.46. The third-order valence-electron chi connectivity index (χ3n) is 3.10. The molecule has 0 spiro atoms. The molecule has 0 aliphatic carbocycles. The van der Waals surface area contributed by atoms with Crippen molar-refractivity contribution < 1.29 is 4.74 Å². The lowest BCUT2D eigenvalue weighted by Gasteiger charge is -2.10. The van der Waals surface area contributed by atoms with Crippen molar-refractivity contribution in [1.29, 1.82) is 0 Å². The van der Waals surface area contributed by atoms with Crippen molar-refractivity contribution in [1.82, 2.24) is 4.98 Å². The van der Waals surface area contributed by atoms with E-state index in [-0.39, 0.29) is 0 Å². The summed E-state index contributed by atoms with van der Waals surface area (Å²) in [5.41, 5.74) is 8.38. The van der Waals surface area contributed by atoms with E-state index in [0.717, 1.165) is 22.2 Å². The Hall–Kier alpha value is -2.26. The Morgan fingerprint density at radius 1 is 1.10 bits per heavy atom. The van der Waals surface area contributed by atoms with Gasteiger partial charge < -0.3 is 10.5 Å². The fraction of sp³-hybridized carbons (Fsp3) is 0.0625. The minimum atomic E-state index is 0.400. The highest BCUT2D eigenvalue weighted by Crippen LogP contribution is 2.26. The molecule has 0 radical (unpaired) electrons. The van der Waals surface area contributed by atoms with Gasteiger partial charge in [-0.05, 0) is 36.4 Å². The predicted molar refractivity (Wildman–Crippen MR) is 81.9 cm³/mol. The molecule has 0 aliphatic rings. The molecular weight excluding hydrogens is 272 g/mol. The van der Waals surface area contributed by atoms with Gasteiger partial charge >= 0.3 is 0 Å². The van der Waals surface area contributed by atoms with Gasteiger partial charge in [-0.25, -0.2) is 0 Å². The van der Waals surface area contributed by atoms with Crippen molar-refractivity contribution in [2.24, 2.45) is 0 Å². The topological polar surface area (TPSA) is 48.1 Å². The van der Waals surface area contributed by atoms with Crippen LogP contribution in [0.5, 0.6) is 5.75 Å². The summed E-state index contributed by atoms with van der Waals surface area (Å²) < 4.78 is 5.86. The number of pyridine rings is 1. The van der Waals surface area contributed by atoms with Gasteiger partial charge in [0.05, 0.1) is 5.52 Å². The van der Waals surface area contributed by atoms with Crippen LogP contribution in [0, 0.1) is 0 Å². The fourth-order valence-electron chi connectivity index (χ4n) is 2.05. The molecule has 4 heteroatoms. The van der Waals surface area contributed by atoms with Crippen LogP contribution in [0.4, 0.5) is 5.69 Å². The highest BCUT2D eigenvalue weighted by atomic mass is 35.5. The molecule has 3 aromatic rings. The summed E-state index contributed by atoms with van der Waals surface area (Å²) in [5.74, 6) is 0.796. The van der Waals surface area contributed by atoms with Crippen LogP contribution in [0.3, 0.4) is 0 Å². The van der Waals surface area contributed by atoms with E-state index >= 15 is 0 Å². The fourth-order valence-corrected chi connectivity index (χ4v) is 2.23. The van der Waals surface area contributed by atoms with Gasteiger partial charge in [-0.1, -0.05) is 23.7 Å². The molecule has 0 aliphatic heterocycles. The molecule has 0 unspecified atom stereocenters. The van der Waals surface area contributed by atoms with Crippen LogP contribution in [-0.2, 0) is 6.61 Å². The van der Waals surface area contributed by atoms with Crippen LogP contribution in [0.25, 0.3) is 10.9 Å². The third-order valence-corrected chi connectivity index (χ3v) is 3.33. The average Bonchev–Trinajstić information content (AvgIpc) is 2.46. The number of aromatic nitrogens is 1. The number of halogens is 1. The number of rotatable bonds is 3. The molecule has 2 aromatic carbocycles. The van der Waals surface area contributed by atoms with Crippen molar-refractivity contribution in [3.8, 4) is 5.75 Å². The van der Waals surface area contributed by atoms with Gasteiger partial charge in [-0.2, -0.15) is 0 Å². The molecular formula is C16H13ClN2O. The molecule has 3 rings (SSSR count). The van der Waals surface area contributed by atoms with E-state index in [1.165, 1.54) is 0 Å². The number of nitrogens with zero attached hydrogens (tertiary/aromatic N) is 1. The SMILES string of the molecule is Nc1cc(Cl)ccc1COc1cccc2ncccc12. The maximum absolute atomic E-state index is 5.92. The Kier molecular flexibility index (Phi) is 3.44. The molecule has 100 valence electrons. The van der Waals surface area contributed by atoms with Gasteiger partial charge in [0.2, 0.25) is 0 Å². The number of hydrogen-bond donors (Lipinski definition) is 1. The zero-order valence-electron chi connectivity index (χ0n) is 10.7. The minimum absolute atomic E-state index is 0.400. The summed E-state index contributed by atoms with van der Waals surface area (Å²) in [6.45, 7) is 0.400. The van der Waals surface area contributed by atoms with Crippen LogP contribution in [0.1, 0.15) is 5.56 Å². The van der Waals surface area contributed by atoms with E-state index in [1.807, 2.05) is 36.4 Å². The predicted octanol–water partition coefficient (Wildman–Crippen LogP) is 4.05. The minimum Gasteiger partial charge on any atom is -0.488 e. The summed E-state index contributed by atoms with van der Waals surface area (Å²) in [6.07, 6.45) is 1.77. The normalized spacial score (nSPS) is 10.7. The molecule has 0 atom stereocenters. The highest BCUT2D eigenvalue weighted by Gasteiger charge is 2.05. The lowest BCUT2D eigenvalue weighted by molar-refractivity contribution is 0.310. The molecule has 0 saturated carbocycles. The molecule has 20 heavy (non-hydrogen) atoms. The molecule has 0 fully saturated rings. The largest absolute Gasteiger partial charge is 0.488 e. The van der Waals surface area contributed by atoms with Crippen molar-refractivity contribution in [2.75, 3.05) is 5.73 Å². The lowest BCUT2D eigenvalue weighted by Crippen LogP contribution is -2.00. The van der Waals surface area contributed by atoms with Gasteiger partial charge in [0.1, 0.15) is 12.4 Å². The van der Waals surface area contributed by atoms with Crippen LogP contribution in [0.2, 0.25) is 5.02 Å². The number of hydrogen-bond acceptors (Lipinski definition) is 3.